The van der Waals surface area contributed by atoms with Gasteiger partial charge < -0.3 is 15.6 Å². The number of carboxylic acids is 1. The van der Waals surface area contributed by atoms with E-state index < -0.39 is 11.9 Å². The maximum absolute atomic E-state index is 10.6. The van der Waals surface area contributed by atoms with Gasteiger partial charge in [0.25, 0.3) is 0 Å². The van der Waals surface area contributed by atoms with E-state index in [0.717, 1.165) is 6.20 Å². The first-order valence-electron chi connectivity index (χ1n) is 3.08. The van der Waals surface area contributed by atoms with E-state index in [0.29, 0.717) is 0 Å². The van der Waals surface area contributed by atoms with Gasteiger partial charge in [-0.2, -0.15) is 0 Å². The number of carboxylic acid groups (broad SMARTS) is 1. The van der Waals surface area contributed by atoms with Crippen molar-refractivity contribution < 1.29 is 14.7 Å². The second-order valence-corrected chi connectivity index (χ2v) is 2.07. The molecule has 0 unspecified atom stereocenters. The van der Waals surface area contributed by atoms with Crippen molar-refractivity contribution in [1.82, 2.24) is 4.98 Å². The predicted octanol–water partition coefficient (Wildman–Crippen LogP) is -1.46. The van der Waals surface area contributed by atoms with E-state index >= 15 is 0 Å². The van der Waals surface area contributed by atoms with Crippen LogP contribution >= 0.6 is 0 Å². The number of aromatic nitrogens is 1. The monoisotopic (exact) mass is 165 g/mol. The molecule has 1 aromatic heterocycles. The molecule has 5 heteroatoms. The van der Waals surface area contributed by atoms with Gasteiger partial charge in [0.05, 0.1) is 11.5 Å². The van der Waals surface area contributed by atoms with Gasteiger partial charge in [0.15, 0.2) is 0 Å². The summed E-state index contributed by atoms with van der Waals surface area (Å²) in [4.78, 5) is 24.5. The normalized spacial score (nSPS) is 9.33. The molecule has 1 heterocycles. The van der Waals surface area contributed by atoms with E-state index in [9.17, 15) is 14.7 Å². The summed E-state index contributed by atoms with van der Waals surface area (Å²) in [5.74, 6) is -2.27. The molecule has 0 aromatic carbocycles. The van der Waals surface area contributed by atoms with E-state index in [1.165, 1.54) is 12.3 Å². The highest BCUT2D eigenvalue weighted by atomic mass is 16.4. The van der Waals surface area contributed by atoms with E-state index in [1.54, 1.807) is 0 Å². The summed E-state index contributed by atoms with van der Waals surface area (Å²) in [6.07, 6.45) is 2.31. The van der Waals surface area contributed by atoms with Gasteiger partial charge >= 0.3 is 0 Å². The van der Waals surface area contributed by atoms with Gasteiger partial charge in [-0.25, -0.2) is 0 Å². The third-order valence-electron chi connectivity index (χ3n) is 1.31. The maximum Gasteiger partial charge on any atom is 0.249 e. The van der Waals surface area contributed by atoms with Crippen molar-refractivity contribution in [3.63, 3.8) is 0 Å². The topological polar surface area (TPSA) is 96.1 Å². The molecule has 0 saturated carbocycles. The van der Waals surface area contributed by atoms with Crippen LogP contribution in [0.15, 0.2) is 18.5 Å². The third kappa shape index (κ3) is 1.39. The molecular weight excluding hydrogens is 160 g/mol. The lowest BCUT2D eigenvalue weighted by molar-refractivity contribution is -0.255. The Morgan fingerprint density at radius 3 is 2.50 bits per heavy atom. The smallest absolute Gasteiger partial charge is 0.249 e. The number of nitrogens with two attached hydrogens (primary N) is 1. The number of carbonyl (C=O) groups is 2. The van der Waals surface area contributed by atoms with Crippen LogP contribution in [0.1, 0.15) is 20.7 Å². The van der Waals surface area contributed by atoms with Gasteiger partial charge in [-0.1, -0.05) is 0 Å². The average molecular weight is 165 g/mol. The Balaban J connectivity index is 3.27. The van der Waals surface area contributed by atoms with Crippen LogP contribution in [0.2, 0.25) is 0 Å². The summed E-state index contributed by atoms with van der Waals surface area (Å²) in [5, 5.41) is 10.4. The summed E-state index contributed by atoms with van der Waals surface area (Å²) in [7, 11) is 0. The zero-order valence-corrected chi connectivity index (χ0v) is 5.98. The van der Waals surface area contributed by atoms with E-state index in [-0.39, 0.29) is 11.1 Å². The molecule has 1 amide bonds. The molecule has 0 aliphatic carbocycles. The van der Waals surface area contributed by atoms with Crippen LogP contribution in [-0.2, 0) is 0 Å². The van der Waals surface area contributed by atoms with Gasteiger partial charge in [0.2, 0.25) is 5.91 Å². The molecule has 0 spiro atoms. The van der Waals surface area contributed by atoms with Crippen molar-refractivity contribution in [1.29, 1.82) is 0 Å². The van der Waals surface area contributed by atoms with Gasteiger partial charge in [-0.05, 0) is 6.07 Å². The zero-order valence-electron chi connectivity index (χ0n) is 5.98. The number of hydrogen-bond acceptors (Lipinski definition) is 4. The molecule has 0 aliphatic rings. The number of aromatic carboxylic acids is 1. The molecule has 2 N–H and O–H groups in total. The van der Waals surface area contributed by atoms with Crippen LogP contribution in [0.5, 0.6) is 0 Å². The Hall–Kier alpha value is -1.91. The van der Waals surface area contributed by atoms with Crippen LogP contribution in [0.25, 0.3) is 0 Å². The van der Waals surface area contributed by atoms with Gasteiger partial charge in [-0.15, -0.1) is 0 Å². The first kappa shape index (κ1) is 8.19. The lowest BCUT2D eigenvalue weighted by Gasteiger charge is -2.04. The minimum atomic E-state index is -1.46. The quantitative estimate of drug-likeness (QED) is 0.579. The van der Waals surface area contributed by atoms with Gasteiger partial charge in [0.1, 0.15) is 0 Å². The second-order valence-electron chi connectivity index (χ2n) is 2.07. The molecule has 0 bridgehead atoms. The SMILES string of the molecule is NC(=O)c1ccncc1C(=O)[O-]. The molecule has 1 aromatic rings. The van der Waals surface area contributed by atoms with Crippen LogP contribution in [0.4, 0.5) is 0 Å². The summed E-state index contributed by atoms with van der Waals surface area (Å²) >= 11 is 0. The van der Waals surface area contributed by atoms with Crippen LogP contribution in [0.3, 0.4) is 0 Å². The Morgan fingerprint density at radius 2 is 2.08 bits per heavy atom. The summed E-state index contributed by atoms with van der Waals surface area (Å²) in [5.41, 5.74) is 4.51. The molecule has 62 valence electrons. The predicted molar refractivity (Wildman–Crippen MR) is 37.1 cm³/mol. The van der Waals surface area contributed by atoms with Gasteiger partial charge in [-0.3, -0.25) is 9.78 Å². The first-order chi connectivity index (χ1) is 5.63. The number of rotatable bonds is 2. The molecule has 0 atom stereocenters. The highest BCUT2D eigenvalue weighted by Crippen LogP contribution is 2.03. The van der Waals surface area contributed by atoms with Crippen molar-refractivity contribution in [3.05, 3.63) is 29.6 Å². The number of amides is 1. The summed E-state index contributed by atoms with van der Waals surface area (Å²) in [6.45, 7) is 0. The van der Waals surface area contributed by atoms with Crippen molar-refractivity contribution >= 4 is 11.9 Å². The van der Waals surface area contributed by atoms with Crippen molar-refractivity contribution in [2.75, 3.05) is 0 Å². The fourth-order valence-corrected chi connectivity index (χ4v) is 0.772. The number of pyridine rings is 1. The fraction of sp³-hybridized carbons (Fsp3) is 0. The number of carbonyl (C=O) groups excluding carboxylic acids is 2. The molecule has 1 rings (SSSR count). The molecule has 0 saturated heterocycles. The molecule has 0 radical (unpaired) electrons. The number of primary amides is 1. The number of hydrogen-bond donors (Lipinski definition) is 1. The molecule has 12 heavy (non-hydrogen) atoms. The molecule has 0 aliphatic heterocycles. The van der Waals surface area contributed by atoms with Crippen LogP contribution in [-0.4, -0.2) is 16.9 Å². The molecule has 0 fully saturated rings. The maximum atomic E-state index is 10.6. The molecular formula is C7H5N2O3-. The van der Waals surface area contributed by atoms with E-state index in [1.807, 2.05) is 0 Å². The lowest BCUT2D eigenvalue weighted by Crippen LogP contribution is -2.26. The third-order valence-corrected chi connectivity index (χ3v) is 1.31. The Labute approximate surface area is 67.8 Å². The average Bonchev–Trinajstić information content (AvgIpc) is 2.04. The van der Waals surface area contributed by atoms with Gasteiger partial charge in [0, 0.05) is 18.0 Å². The lowest BCUT2D eigenvalue weighted by atomic mass is 10.1. The zero-order chi connectivity index (χ0) is 9.14. The minimum absolute atomic E-state index is 0.0926. The molecule has 5 nitrogen and oxygen atoms in total. The first-order valence-corrected chi connectivity index (χ1v) is 3.08. The van der Waals surface area contributed by atoms with Crippen LogP contribution in [0, 0.1) is 0 Å². The van der Waals surface area contributed by atoms with Crippen molar-refractivity contribution in [2.45, 2.75) is 0 Å². The number of nitrogens with zero attached hydrogens (tertiary/aromatic N) is 1. The Kier molecular flexibility index (Phi) is 2.05. The Bertz CT molecular complexity index is 302. The highest BCUT2D eigenvalue weighted by Gasteiger charge is 2.07. The van der Waals surface area contributed by atoms with Crippen molar-refractivity contribution in [2.24, 2.45) is 5.73 Å². The van der Waals surface area contributed by atoms with Crippen LogP contribution < -0.4 is 10.8 Å². The standard InChI is InChI=1S/C7H6N2O3/c8-6(10)4-1-2-9-3-5(4)7(11)12/h1-3H,(H2,8,10)(H,11,12)/p-1. The minimum Gasteiger partial charge on any atom is -0.545 e. The largest absolute Gasteiger partial charge is 0.545 e. The van der Waals surface area contributed by atoms with Crippen molar-refractivity contribution in [3.8, 4) is 0 Å². The second kappa shape index (κ2) is 3.00. The Morgan fingerprint density at radius 1 is 1.42 bits per heavy atom. The summed E-state index contributed by atoms with van der Waals surface area (Å²) < 4.78 is 0. The highest BCUT2D eigenvalue weighted by molar-refractivity contribution is 6.03. The van der Waals surface area contributed by atoms with E-state index in [4.69, 9.17) is 5.73 Å². The van der Waals surface area contributed by atoms with E-state index in [2.05, 4.69) is 4.98 Å². The fourth-order valence-electron chi connectivity index (χ4n) is 0.772. The summed E-state index contributed by atoms with van der Waals surface area (Å²) in [6, 6.07) is 1.23.